The molecule has 0 unspecified atom stereocenters. The number of methoxy groups -OCH3 is 1. The lowest BCUT2D eigenvalue weighted by Gasteiger charge is -2.21. The zero-order chi connectivity index (χ0) is 15.8. The van der Waals surface area contributed by atoms with Gasteiger partial charge in [0.2, 0.25) is 0 Å². The van der Waals surface area contributed by atoms with Crippen molar-refractivity contribution in [3.8, 4) is 11.5 Å². The summed E-state index contributed by atoms with van der Waals surface area (Å²) in [6.45, 7) is -3.50. The Labute approximate surface area is 119 Å². The van der Waals surface area contributed by atoms with Gasteiger partial charge in [0.05, 0.1) is 20.3 Å². The van der Waals surface area contributed by atoms with Crippen LogP contribution in [0.5, 0.6) is 11.5 Å². The van der Waals surface area contributed by atoms with Crippen molar-refractivity contribution in [2.45, 2.75) is 19.6 Å². The highest BCUT2D eigenvalue weighted by atomic mass is 19.3. The molecule has 8 heteroatoms. The molecule has 21 heavy (non-hydrogen) atoms. The van der Waals surface area contributed by atoms with Crippen molar-refractivity contribution in [3.05, 3.63) is 23.8 Å². The normalized spacial score (nSPS) is 11.5. The van der Waals surface area contributed by atoms with Crippen LogP contribution in [0.25, 0.3) is 0 Å². The van der Waals surface area contributed by atoms with Crippen molar-refractivity contribution in [2.75, 3.05) is 26.8 Å². The largest absolute Gasteiger partial charge is 0.493 e. The van der Waals surface area contributed by atoms with Crippen molar-refractivity contribution in [2.24, 2.45) is 0 Å². The van der Waals surface area contributed by atoms with E-state index in [1.54, 1.807) is 0 Å². The minimum atomic E-state index is -2.98. The van der Waals surface area contributed by atoms with Crippen LogP contribution in [0.15, 0.2) is 18.2 Å². The smallest absolute Gasteiger partial charge is 0.387 e. The maximum atomic E-state index is 12.4. The SMILES string of the molecule is COc1cc(CN(CCO)CC(F)F)ccc1OC(F)F. The van der Waals surface area contributed by atoms with Crippen LogP contribution >= 0.6 is 0 Å². The van der Waals surface area contributed by atoms with Crippen LogP contribution in [0, 0.1) is 0 Å². The van der Waals surface area contributed by atoms with E-state index in [-0.39, 0.29) is 31.2 Å². The number of benzene rings is 1. The third-order valence-corrected chi connectivity index (χ3v) is 2.66. The monoisotopic (exact) mass is 311 g/mol. The van der Waals surface area contributed by atoms with E-state index in [0.717, 1.165) is 0 Å². The minimum Gasteiger partial charge on any atom is -0.493 e. The predicted octanol–water partition coefficient (Wildman–Crippen LogP) is 2.36. The molecular formula is C13H17F4NO3. The van der Waals surface area contributed by atoms with Crippen LogP contribution in [0.1, 0.15) is 5.56 Å². The molecule has 0 fully saturated rings. The molecule has 0 atom stereocenters. The lowest BCUT2D eigenvalue weighted by atomic mass is 10.2. The number of rotatable bonds is 9. The second-order valence-corrected chi connectivity index (χ2v) is 4.21. The Hall–Kier alpha value is -1.54. The van der Waals surface area contributed by atoms with E-state index in [0.29, 0.717) is 5.56 Å². The molecule has 0 amide bonds. The fraction of sp³-hybridized carbons (Fsp3) is 0.538. The number of aliphatic hydroxyl groups excluding tert-OH is 1. The fourth-order valence-electron chi connectivity index (χ4n) is 1.83. The van der Waals surface area contributed by atoms with E-state index in [2.05, 4.69) is 4.74 Å². The molecule has 0 saturated heterocycles. The Kier molecular flexibility index (Phi) is 7.24. The summed E-state index contributed by atoms with van der Waals surface area (Å²) in [4.78, 5) is 1.35. The lowest BCUT2D eigenvalue weighted by Crippen LogP contribution is -2.31. The van der Waals surface area contributed by atoms with E-state index < -0.39 is 19.6 Å². The minimum absolute atomic E-state index is 0.0853. The van der Waals surface area contributed by atoms with Crippen molar-refractivity contribution < 1.29 is 32.1 Å². The Morgan fingerprint density at radius 3 is 2.43 bits per heavy atom. The molecule has 1 N–H and O–H groups in total. The second kappa shape index (κ2) is 8.68. The number of hydrogen-bond acceptors (Lipinski definition) is 4. The molecule has 0 aliphatic heterocycles. The first-order chi connectivity index (χ1) is 9.96. The molecule has 0 radical (unpaired) electrons. The summed E-state index contributed by atoms with van der Waals surface area (Å²) in [5.41, 5.74) is 0.586. The number of nitrogens with zero attached hydrogens (tertiary/aromatic N) is 1. The van der Waals surface area contributed by atoms with Crippen LogP contribution in [-0.2, 0) is 6.54 Å². The van der Waals surface area contributed by atoms with Crippen molar-refractivity contribution in [1.29, 1.82) is 0 Å². The van der Waals surface area contributed by atoms with Gasteiger partial charge in [0, 0.05) is 13.1 Å². The first kappa shape index (κ1) is 17.5. The van der Waals surface area contributed by atoms with Gasteiger partial charge in [-0.15, -0.1) is 0 Å². The number of ether oxygens (including phenoxy) is 2. The molecule has 0 aliphatic rings. The molecule has 0 spiro atoms. The van der Waals surface area contributed by atoms with Crippen molar-refractivity contribution in [1.82, 2.24) is 4.90 Å². The lowest BCUT2D eigenvalue weighted by molar-refractivity contribution is -0.0512. The molecule has 120 valence electrons. The topological polar surface area (TPSA) is 41.9 Å². The van der Waals surface area contributed by atoms with Gasteiger partial charge in [0.25, 0.3) is 6.43 Å². The Morgan fingerprint density at radius 2 is 1.90 bits per heavy atom. The van der Waals surface area contributed by atoms with Gasteiger partial charge in [0.15, 0.2) is 11.5 Å². The van der Waals surface area contributed by atoms with Crippen molar-refractivity contribution in [3.63, 3.8) is 0 Å². The first-order valence-corrected chi connectivity index (χ1v) is 6.19. The highest BCUT2D eigenvalue weighted by molar-refractivity contribution is 5.43. The average molecular weight is 311 g/mol. The summed E-state index contributed by atoms with van der Waals surface area (Å²) in [5.74, 6) is -0.0346. The summed E-state index contributed by atoms with van der Waals surface area (Å²) >= 11 is 0. The van der Waals surface area contributed by atoms with Gasteiger partial charge in [-0.3, -0.25) is 4.90 Å². The molecular weight excluding hydrogens is 294 g/mol. The number of aliphatic hydroxyl groups is 1. The van der Waals surface area contributed by atoms with Crippen LogP contribution in [-0.4, -0.2) is 49.8 Å². The van der Waals surface area contributed by atoms with E-state index in [9.17, 15) is 17.6 Å². The molecule has 4 nitrogen and oxygen atoms in total. The highest BCUT2D eigenvalue weighted by Gasteiger charge is 2.15. The van der Waals surface area contributed by atoms with Crippen LogP contribution in [0.2, 0.25) is 0 Å². The van der Waals surface area contributed by atoms with Gasteiger partial charge in [-0.2, -0.15) is 8.78 Å². The van der Waals surface area contributed by atoms with E-state index in [1.807, 2.05) is 0 Å². The molecule has 1 rings (SSSR count). The molecule has 0 aromatic heterocycles. The van der Waals surface area contributed by atoms with Gasteiger partial charge >= 0.3 is 6.61 Å². The summed E-state index contributed by atoms with van der Waals surface area (Å²) < 4.78 is 58.4. The highest BCUT2D eigenvalue weighted by Crippen LogP contribution is 2.29. The van der Waals surface area contributed by atoms with E-state index in [4.69, 9.17) is 9.84 Å². The van der Waals surface area contributed by atoms with E-state index >= 15 is 0 Å². The first-order valence-electron chi connectivity index (χ1n) is 6.19. The maximum Gasteiger partial charge on any atom is 0.387 e. The Morgan fingerprint density at radius 1 is 1.19 bits per heavy atom. The second-order valence-electron chi connectivity index (χ2n) is 4.21. The number of halogens is 4. The quantitative estimate of drug-likeness (QED) is 0.711. The molecule has 0 saturated carbocycles. The summed E-state index contributed by atoms with van der Waals surface area (Å²) in [5, 5.41) is 8.86. The maximum absolute atomic E-state index is 12.4. The Bertz CT molecular complexity index is 432. The number of hydrogen-bond donors (Lipinski definition) is 1. The number of alkyl halides is 4. The third-order valence-electron chi connectivity index (χ3n) is 2.66. The van der Waals surface area contributed by atoms with E-state index in [1.165, 1.54) is 30.2 Å². The average Bonchev–Trinajstić information content (AvgIpc) is 2.39. The Balaban J connectivity index is 2.82. The van der Waals surface area contributed by atoms with Gasteiger partial charge in [-0.05, 0) is 17.7 Å². The molecule has 1 aromatic carbocycles. The van der Waals surface area contributed by atoms with Crippen LogP contribution in [0.4, 0.5) is 17.6 Å². The predicted molar refractivity (Wildman–Crippen MR) is 68.0 cm³/mol. The summed E-state index contributed by atoms with van der Waals surface area (Å²) in [6, 6.07) is 4.21. The zero-order valence-electron chi connectivity index (χ0n) is 11.4. The molecule has 0 aliphatic carbocycles. The van der Waals surface area contributed by atoms with Gasteiger partial charge in [0.1, 0.15) is 0 Å². The summed E-state index contributed by atoms with van der Waals surface area (Å²) in [7, 11) is 1.29. The van der Waals surface area contributed by atoms with Gasteiger partial charge in [-0.25, -0.2) is 8.78 Å². The molecule has 0 heterocycles. The van der Waals surface area contributed by atoms with Crippen LogP contribution in [0.3, 0.4) is 0 Å². The summed E-state index contributed by atoms with van der Waals surface area (Å²) in [6.07, 6.45) is -2.53. The van der Waals surface area contributed by atoms with Crippen LogP contribution < -0.4 is 9.47 Å². The van der Waals surface area contributed by atoms with Crippen molar-refractivity contribution >= 4 is 0 Å². The standard InChI is InChI=1S/C13H17F4NO3/c1-20-11-6-9(2-3-10(11)21-13(16)17)7-18(4-5-19)8-12(14)15/h2-3,6,12-13,19H,4-5,7-8H2,1H3. The van der Waals surface area contributed by atoms with Gasteiger partial charge in [-0.1, -0.05) is 6.07 Å². The zero-order valence-corrected chi connectivity index (χ0v) is 11.4. The molecule has 1 aromatic rings. The van der Waals surface area contributed by atoms with Gasteiger partial charge < -0.3 is 14.6 Å². The molecule has 0 bridgehead atoms. The fourth-order valence-corrected chi connectivity index (χ4v) is 1.83. The third kappa shape index (κ3) is 6.17.